The lowest BCUT2D eigenvalue weighted by Crippen LogP contribution is -2.14. The Bertz CT molecular complexity index is 982. The third kappa shape index (κ3) is 5.00. The van der Waals surface area contributed by atoms with Crippen molar-refractivity contribution in [3.8, 4) is 6.07 Å². The zero-order valence-electron chi connectivity index (χ0n) is 13.4. The van der Waals surface area contributed by atoms with Crippen LogP contribution in [0.3, 0.4) is 0 Å². The van der Waals surface area contributed by atoms with Crippen molar-refractivity contribution in [3.63, 3.8) is 0 Å². The maximum Gasteiger partial charge on any atom is 0.271 e. The number of carbonyl (C=O) groups excluding carboxylic acids is 1. The summed E-state index contributed by atoms with van der Waals surface area (Å²) in [6.45, 7) is 0. The van der Waals surface area contributed by atoms with E-state index in [0.29, 0.717) is 0 Å². The Hall–Kier alpha value is -3.97. The first-order chi connectivity index (χ1) is 12.8. The van der Waals surface area contributed by atoms with E-state index in [0.717, 1.165) is 12.3 Å². The molecule has 0 saturated heterocycles. The van der Waals surface area contributed by atoms with Crippen LogP contribution in [0.4, 0.5) is 22.7 Å². The number of hydrogen-bond donors (Lipinski definition) is 2. The number of nitro benzene ring substituents is 2. The number of nitrogens with zero attached hydrogens (tertiary/aromatic N) is 3. The zero-order chi connectivity index (χ0) is 20.0. The van der Waals surface area contributed by atoms with Gasteiger partial charge in [0.05, 0.1) is 20.6 Å². The van der Waals surface area contributed by atoms with Crippen LogP contribution in [0.15, 0.2) is 54.2 Å². The number of benzene rings is 2. The van der Waals surface area contributed by atoms with Gasteiger partial charge >= 0.3 is 0 Å². The number of nitro groups is 2. The number of carbonyl (C=O) groups is 1. The van der Waals surface area contributed by atoms with Crippen LogP contribution in [0.2, 0.25) is 5.02 Å². The Morgan fingerprint density at radius 2 is 1.67 bits per heavy atom. The SMILES string of the molecule is N#C/C(=C/Nc1cc([N+](=O)[O-])ccc1Cl)C(=O)Nc1ccc([N+](=O)[O-])cc1. The van der Waals surface area contributed by atoms with Crippen LogP contribution in [0.1, 0.15) is 0 Å². The van der Waals surface area contributed by atoms with Gasteiger partial charge in [-0.2, -0.15) is 5.26 Å². The Labute approximate surface area is 157 Å². The van der Waals surface area contributed by atoms with Gasteiger partial charge in [-0.1, -0.05) is 11.6 Å². The highest BCUT2D eigenvalue weighted by molar-refractivity contribution is 6.33. The molecular weight excluding hydrogens is 378 g/mol. The van der Waals surface area contributed by atoms with Crippen molar-refractivity contribution in [2.24, 2.45) is 0 Å². The lowest BCUT2D eigenvalue weighted by Gasteiger charge is -2.06. The molecular formula is C16H10ClN5O5. The van der Waals surface area contributed by atoms with Crippen molar-refractivity contribution in [1.29, 1.82) is 5.26 Å². The lowest BCUT2D eigenvalue weighted by atomic mass is 10.2. The number of non-ortho nitro benzene ring substituents is 2. The van der Waals surface area contributed by atoms with Gasteiger partial charge in [0.2, 0.25) is 0 Å². The van der Waals surface area contributed by atoms with Gasteiger partial charge in [-0.25, -0.2) is 0 Å². The molecule has 2 rings (SSSR count). The molecule has 0 aromatic heterocycles. The van der Waals surface area contributed by atoms with Crippen LogP contribution >= 0.6 is 11.6 Å². The average Bonchev–Trinajstić information content (AvgIpc) is 2.63. The minimum absolute atomic E-state index is 0.141. The molecule has 0 atom stereocenters. The molecule has 0 aliphatic heterocycles. The summed E-state index contributed by atoms with van der Waals surface area (Å²) >= 11 is 5.92. The smallest absolute Gasteiger partial charge is 0.271 e. The van der Waals surface area contributed by atoms with Gasteiger partial charge in [-0.15, -0.1) is 0 Å². The molecule has 2 aromatic rings. The molecule has 0 unspecified atom stereocenters. The molecule has 0 radical (unpaired) electrons. The fourth-order valence-corrected chi connectivity index (χ4v) is 2.07. The summed E-state index contributed by atoms with van der Waals surface area (Å²) in [5, 5.41) is 35.7. The van der Waals surface area contributed by atoms with Crippen molar-refractivity contribution in [2.45, 2.75) is 0 Å². The number of rotatable bonds is 6. The Kier molecular flexibility index (Phi) is 6.03. The third-order valence-electron chi connectivity index (χ3n) is 3.23. The quantitative estimate of drug-likeness (QED) is 0.332. The van der Waals surface area contributed by atoms with Crippen LogP contribution < -0.4 is 10.6 Å². The van der Waals surface area contributed by atoms with Crippen LogP contribution in [0.5, 0.6) is 0 Å². The van der Waals surface area contributed by atoms with Crippen molar-refractivity contribution in [2.75, 3.05) is 10.6 Å². The molecule has 0 saturated carbocycles. The van der Waals surface area contributed by atoms with E-state index >= 15 is 0 Å². The molecule has 10 nitrogen and oxygen atoms in total. The minimum atomic E-state index is -0.777. The molecule has 0 fully saturated rings. The van der Waals surface area contributed by atoms with E-state index in [9.17, 15) is 25.0 Å². The second kappa shape index (κ2) is 8.41. The fraction of sp³-hybridized carbons (Fsp3) is 0. The van der Waals surface area contributed by atoms with Crippen LogP contribution in [0.25, 0.3) is 0 Å². The van der Waals surface area contributed by atoms with Gasteiger partial charge in [0.15, 0.2) is 0 Å². The molecule has 136 valence electrons. The van der Waals surface area contributed by atoms with E-state index in [1.807, 2.05) is 0 Å². The second-order valence-corrected chi connectivity index (χ2v) is 5.40. The number of nitriles is 1. The summed E-state index contributed by atoms with van der Waals surface area (Å²) in [5.74, 6) is -0.777. The van der Waals surface area contributed by atoms with Gasteiger partial charge in [0, 0.05) is 36.2 Å². The van der Waals surface area contributed by atoms with Crippen LogP contribution in [-0.2, 0) is 4.79 Å². The molecule has 2 N–H and O–H groups in total. The van der Waals surface area contributed by atoms with Crippen molar-refractivity contribution < 1.29 is 14.6 Å². The summed E-state index contributed by atoms with van der Waals surface area (Å²) in [7, 11) is 0. The zero-order valence-corrected chi connectivity index (χ0v) is 14.1. The number of halogens is 1. The number of nitrogens with one attached hydrogen (secondary N) is 2. The minimum Gasteiger partial charge on any atom is -0.359 e. The summed E-state index contributed by atoms with van der Waals surface area (Å²) in [6, 6.07) is 10.4. The standard InChI is InChI=1S/C16H10ClN5O5/c17-14-6-5-13(22(26)27)7-15(14)19-9-10(8-18)16(23)20-11-1-3-12(4-2-11)21(24)25/h1-7,9,19H,(H,20,23)/b10-9-. The van der Waals surface area contributed by atoms with Crippen LogP contribution in [0, 0.1) is 31.6 Å². The van der Waals surface area contributed by atoms with Gasteiger partial charge in [-0.3, -0.25) is 25.0 Å². The Morgan fingerprint density at radius 1 is 1.07 bits per heavy atom. The number of anilines is 2. The first-order valence-electron chi connectivity index (χ1n) is 7.18. The number of amides is 1. The maximum atomic E-state index is 12.1. The first kappa shape index (κ1) is 19.4. The highest BCUT2D eigenvalue weighted by Crippen LogP contribution is 2.27. The predicted octanol–water partition coefficient (Wildman–Crippen LogP) is 3.61. The molecule has 27 heavy (non-hydrogen) atoms. The summed E-state index contributed by atoms with van der Waals surface area (Å²) in [5.41, 5.74) is -0.312. The monoisotopic (exact) mass is 387 g/mol. The van der Waals surface area contributed by atoms with E-state index in [1.54, 1.807) is 6.07 Å². The highest BCUT2D eigenvalue weighted by Gasteiger charge is 2.13. The van der Waals surface area contributed by atoms with Gasteiger partial charge in [0.1, 0.15) is 11.6 Å². The van der Waals surface area contributed by atoms with Crippen molar-refractivity contribution in [1.82, 2.24) is 0 Å². The van der Waals surface area contributed by atoms with Gasteiger partial charge in [-0.05, 0) is 18.2 Å². The van der Waals surface area contributed by atoms with Gasteiger partial charge < -0.3 is 10.6 Å². The van der Waals surface area contributed by atoms with E-state index in [1.165, 1.54) is 36.4 Å². The average molecular weight is 388 g/mol. The molecule has 2 aromatic carbocycles. The maximum absolute atomic E-state index is 12.1. The molecule has 0 aliphatic rings. The molecule has 0 heterocycles. The molecule has 0 bridgehead atoms. The molecule has 0 spiro atoms. The van der Waals surface area contributed by atoms with Gasteiger partial charge in [0.25, 0.3) is 17.3 Å². The number of hydrogen-bond acceptors (Lipinski definition) is 7. The van der Waals surface area contributed by atoms with E-state index < -0.39 is 15.8 Å². The fourth-order valence-electron chi connectivity index (χ4n) is 1.90. The normalized spacial score (nSPS) is 10.6. The third-order valence-corrected chi connectivity index (χ3v) is 3.56. The predicted molar refractivity (Wildman–Crippen MR) is 97.2 cm³/mol. The summed E-state index contributed by atoms with van der Waals surface area (Å²) < 4.78 is 0. The van der Waals surface area contributed by atoms with E-state index in [4.69, 9.17) is 16.9 Å². The topological polar surface area (TPSA) is 151 Å². The Balaban J connectivity index is 2.15. The molecule has 1 amide bonds. The molecule has 0 aliphatic carbocycles. The largest absolute Gasteiger partial charge is 0.359 e. The lowest BCUT2D eigenvalue weighted by molar-refractivity contribution is -0.385. The highest BCUT2D eigenvalue weighted by atomic mass is 35.5. The summed E-state index contributed by atoms with van der Waals surface area (Å²) in [4.78, 5) is 32.3. The second-order valence-electron chi connectivity index (χ2n) is 4.99. The first-order valence-corrected chi connectivity index (χ1v) is 7.56. The van der Waals surface area contributed by atoms with Crippen molar-refractivity contribution >= 4 is 40.3 Å². The molecule has 11 heteroatoms. The van der Waals surface area contributed by atoms with E-state index in [2.05, 4.69) is 10.6 Å². The Morgan fingerprint density at radius 3 is 2.22 bits per heavy atom. The van der Waals surface area contributed by atoms with Crippen molar-refractivity contribution in [3.05, 3.63) is 79.5 Å². The van der Waals surface area contributed by atoms with Crippen LogP contribution in [-0.4, -0.2) is 15.8 Å². The van der Waals surface area contributed by atoms with E-state index in [-0.39, 0.29) is 33.3 Å². The summed E-state index contributed by atoms with van der Waals surface area (Å²) in [6.07, 6.45) is 1.05.